The van der Waals surface area contributed by atoms with Crippen molar-refractivity contribution in [1.82, 2.24) is 10.2 Å². The topological polar surface area (TPSA) is 15.3 Å². The lowest BCUT2D eigenvalue weighted by Gasteiger charge is -2.45. The van der Waals surface area contributed by atoms with E-state index in [2.05, 4.69) is 41.4 Å². The Morgan fingerprint density at radius 2 is 1.88 bits per heavy atom. The minimum Gasteiger partial charge on any atom is -0.308 e. The minimum absolute atomic E-state index is 0.721. The molecule has 3 saturated heterocycles. The SMILES string of the molecule is Cc1ccc(CN[C@H]2CN3CCC2CC3)cc1. The Morgan fingerprint density at radius 3 is 2.47 bits per heavy atom. The molecular formula is C15H22N2. The van der Waals surface area contributed by atoms with Gasteiger partial charge >= 0.3 is 0 Å². The van der Waals surface area contributed by atoms with E-state index in [1.165, 1.54) is 43.6 Å². The van der Waals surface area contributed by atoms with Gasteiger partial charge in [-0.05, 0) is 44.3 Å². The molecule has 4 rings (SSSR count). The number of piperidine rings is 3. The maximum atomic E-state index is 3.75. The zero-order valence-electron chi connectivity index (χ0n) is 10.7. The van der Waals surface area contributed by atoms with Crippen LogP contribution in [0.3, 0.4) is 0 Å². The van der Waals surface area contributed by atoms with Crippen LogP contribution >= 0.6 is 0 Å². The summed E-state index contributed by atoms with van der Waals surface area (Å²) in [7, 11) is 0. The summed E-state index contributed by atoms with van der Waals surface area (Å²) in [5, 5.41) is 3.75. The largest absolute Gasteiger partial charge is 0.308 e. The molecule has 2 nitrogen and oxygen atoms in total. The smallest absolute Gasteiger partial charge is 0.0227 e. The Labute approximate surface area is 104 Å². The first-order chi connectivity index (χ1) is 8.31. The molecule has 3 aliphatic heterocycles. The van der Waals surface area contributed by atoms with E-state index in [-0.39, 0.29) is 0 Å². The Kier molecular flexibility index (Phi) is 3.17. The van der Waals surface area contributed by atoms with Gasteiger partial charge in [-0.25, -0.2) is 0 Å². The van der Waals surface area contributed by atoms with Gasteiger partial charge in [0.1, 0.15) is 0 Å². The molecule has 1 N–H and O–H groups in total. The number of fused-ring (bicyclic) bond motifs is 3. The number of hydrogen-bond acceptors (Lipinski definition) is 2. The van der Waals surface area contributed by atoms with E-state index in [0.717, 1.165) is 18.5 Å². The fourth-order valence-corrected chi connectivity index (χ4v) is 3.15. The van der Waals surface area contributed by atoms with E-state index in [1.54, 1.807) is 0 Å². The van der Waals surface area contributed by atoms with Gasteiger partial charge in [0.25, 0.3) is 0 Å². The zero-order chi connectivity index (χ0) is 11.7. The molecule has 0 aliphatic carbocycles. The predicted molar refractivity (Wildman–Crippen MR) is 71.0 cm³/mol. The molecule has 92 valence electrons. The van der Waals surface area contributed by atoms with Crippen LogP contribution in [-0.2, 0) is 6.54 Å². The summed E-state index contributed by atoms with van der Waals surface area (Å²) in [6, 6.07) is 9.60. The molecule has 0 unspecified atom stereocenters. The van der Waals surface area contributed by atoms with Crippen molar-refractivity contribution < 1.29 is 0 Å². The van der Waals surface area contributed by atoms with Crippen LogP contribution < -0.4 is 5.32 Å². The van der Waals surface area contributed by atoms with Gasteiger partial charge in [-0.15, -0.1) is 0 Å². The summed E-state index contributed by atoms with van der Waals surface area (Å²) in [6.45, 7) is 7.08. The van der Waals surface area contributed by atoms with Gasteiger partial charge in [-0.3, -0.25) is 0 Å². The van der Waals surface area contributed by atoms with Gasteiger partial charge in [0.15, 0.2) is 0 Å². The molecule has 3 aliphatic rings. The van der Waals surface area contributed by atoms with E-state index >= 15 is 0 Å². The highest BCUT2D eigenvalue weighted by Crippen LogP contribution is 2.27. The van der Waals surface area contributed by atoms with E-state index in [0.29, 0.717) is 0 Å². The van der Waals surface area contributed by atoms with Crippen molar-refractivity contribution in [2.24, 2.45) is 5.92 Å². The Morgan fingerprint density at radius 1 is 1.18 bits per heavy atom. The number of rotatable bonds is 3. The number of aryl methyl sites for hydroxylation is 1. The second-order valence-corrected chi connectivity index (χ2v) is 5.61. The molecular weight excluding hydrogens is 208 g/mol. The highest BCUT2D eigenvalue weighted by molar-refractivity contribution is 5.21. The van der Waals surface area contributed by atoms with E-state index in [1.807, 2.05) is 0 Å². The summed E-state index contributed by atoms with van der Waals surface area (Å²) in [6.07, 6.45) is 2.79. The summed E-state index contributed by atoms with van der Waals surface area (Å²) in [4.78, 5) is 2.60. The number of nitrogens with zero attached hydrogens (tertiary/aromatic N) is 1. The Hall–Kier alpha value is -0.860. The molecule has 2 heteroatoms. The van der Waals surface area contributed by atoms with Gasteiger partial charge < -0.3 is 10.2 Å². The van der Waals surface area contributed by atoms with E-state index in [9.17, 15) is 0 Å². The normalized spacial score (nSPS) is 31.7. The molecule has 3 heterocycles. The first-order valence-corrected chi connectivity index (χ1v) is 6.82. The van der Waals surface area contributed by atoms with Crippen LogP contribution in [0.15, 0.2) is 24.3 Å². The second kappa shape index (κ2) is 4.79. The minimum atomic E-state index is 0.721. The summed E-state index contributed by atoms with van der Waals surface area (Å²) < 4.78 is 0. The molecule has 1 aromatic carbocycles. The second-order valence-electron chi connectivity index (χ2n) is 5.61. The molecule has 0 radical (unpaired) electrons. The first kappa shape index (κ1) is 11.2. The van der Waals surface area contributed by atoms with Gasteiger partial charge in [-0.2, -0.15) is 0 Å². The van der Waals surface area contributed by atoms with Crippen LogP contribution in [0, 0.1) is 12.8 Å². The Bertz CT molecular complexity index is 363. The lowest BCUT2D eigenvalue weighted by Crippen LogP contribution is -2.55. The van der Waals surface area contributed by atoms with Crippen molar-refractivity contribution in [2.45, 2.75) is 32.4 Å². The maximum Gasteiger partial charge on any atom is 0.0227 e. The summed E-state index contributed by atoms with van der Waals surface area (Å²) in [5.74, 6) is 0.922. The molecule has 1 aromatic rings. The summed E-state index contributed by atoms with van der Waals surface area (Å²) >= 11 is 0. The van der Waals surface area contributed by atoms with Gasteiger partial charge in [0.2, 0.25) is 0 Å². The van der Waals surface area contributed by atoms with Crippen LogP contribution in [-0.4, -0.2) is 30.6 Å². The molecule has 0 aromatic heterocycles. The van der Waals surface area contributed by atoms with Crippen LogP contribution in [0.4, 0.5) is 0 Å². The average molecular weight is 230 g/mol. The van der Waals surface area contributed by atoms with Crippen LogP contribution in [0.5, 0.6) is 0 Å². The van der Waals surface area contributed by atoms with Crippen molar-refractivity contribution in [2.75, 3.05) is 19.6 Å². The highest BCUT2D eigenvalue weighted by atomic mass is 15.2. The van der Waals surface area contributed by atoms with E-state index < -0.39 is 0 Å². The van der Waals surface area contributed by atoms with Crippen LogP contribution in [0.2, 0.25) is 0 Å². The lowest BCUT2D eigenvalue weighted by molar-refractivity contribution is 0.0720. The number of hydrogen-bond donors (Lipinski definition) is 1. The summed E-state index contributed by atoms with van der Waals surface area (Å²) in [5.41, 5.74) is 2.75. The molecule has 0 saturated carbocycles. The maximum absolute atomic E-state index is 3.75. The van der Waals surface area contributed by atoms with Crippen molar-refractivity contribution >= 4 is 0 Å². The lowest BCUT2D eigenvalue weighted by atomic mass is 9.84. The Balaban J connectivity index is 1.56. The molecule has 1 atom stereocenters. The van der Waals surface area contributed by atoms with Gasteiger partial charge in [0, 0.05) is 19.1 Å². The van der Waals surface area contributed by atoms with E-state index in [4.69, 9.17) is 0 Å². The zero-order valence-corrected chi connectivity index (χ0v) is 10.7. The van der Waals surface area contributed by atoms with Crippen molar-refractivity contribution in [3.05, 3.63) is 35.4 Å². The van der Waals surface area contributed by atoms with Gasteiger partial charge in [0.05, 0.1) is 0 Å². The third kappa shape index (κ3) is 2.53. The van der Waals surface area contributed by atoms with Crippen molar-refractivity contribution in [3.8, 4) is 0 Å². The average Bonchev–Trinajstić information content (AvgIpc) is 2.39. The van der Waals surface area contributed by atoms with Crippen LogP contribution in [0.25, 0.3) is 0 Å². The molecule has 17 heavy (non-hydrogen) atoms. The molecule has 3 fully saturated rings. The quantitative estimate of drug-likeness (QED) is 0.856. The van der Waals surface area contributed by atoms with Crippen LogP contribution in [0.1, 0.15) is 24.0 Å². The predicted octanol–water partition coefficient (Wildman–Crippen LogP) is 2.18. The standard InChI is InChI=1S/C15H22N2/c1-12-2-4-13(5-3-12)10-16-15-11-17-8-6-14(15)7-9-17/h2-5,14-16H,6-11H2,1H3/t15-/m0/s1. The molecule has 2 bridgehead atoms. The molecule has 0 spiro atoms. The fourth-order valence-electron chi connectivity index (χ4n) is 3.15. The van der Waals surface area contributed by atoms with Crippen molar-refractivity contribution in [1.29, 1.82) is 0 Å². The molecule has 0 amide bonds. The third-order valence-electron chi connectivity index (χ3n) is 4.35. The fraction of sp³-hybridized carbons (Fsp3) is 0.600. The van der Waals surface area contributed by atoms with Crippen molar-refractivity contribution in [3.63, 3.8) is 0 Å². The monoisotopic (exact) mass is 230 g/mol. The first-order valence-electron chi connectivity index (χ1n) is 6.82. The van der Waals surface area contributed by atoms with Gasteiger partial charge in [-0.1, -0.05) is 29.8 Å². The number of nitrogens with one attached hydrogen (secondary N) is 1. The third-order valence-corrected chi connectivity index (χ3v) is 4.35. The highest BCUT2D eigenvalue weighted by Gasteiger charge is 2.33. The number of benzene rings is 1.